The number of benzene rings is 3. The van der Waals surface area contributed by atoms with Crippen LogP contribution in [-0.2, 0) is 18.8 Å². The number of carbonyl (C=O) groups excluding carboxylic acids is 2. The third-order valence-corrected chi connectivity index (χ3v) is 7.89. The van der Waals surface area contributed by atoms with Gasteiger partial charge in [-0.05, 0) is 74.2 Å². The van der Waals surface area contributed by atoms with Crippen LogP contribution in [0.3, 0.4) is 0 Å². The lowest BCUT2D eigenvalue weighted by atomic mass is 9.91. The number of fused-ring (bicyclic) bond motifs is 1. The van der Waals surface area contributed by atoms with E-state index < -0.39 is 58.4 Å². The minimum atomic E-state index is -5.12. The Labute approximate surface area is 257 Å². The molecule has 0 aliphatic carbocycles. The van der Waals surface area contributed by atoms with Crippen LogP contribution in [0.15, 0.2) is 75.9 Å². The number of piperidine rings is 1. The van der Waals surface area contributed by atoms with Crippen LogP contribution in [0.2, 0.25) is 5.02 Å². The van der Waals surface area contributed by atoms with E-state index >= 15 is 0 Å². The Morgan fingerprint density at radius 2 is 1.58 bits per heavy atom. The Morgan fingerprint density at radius 3 is 2.20 bits per heavy atom. The molecule has 0 bridgehead atoms. The summed E-state index contributed by atoms with van der Waals surface area (Å²) >= 11 is 5.98. The van der Waals surface area contributed by atoms with E-state index in [-0.39, 0.29) is 43.2 Å². The van der Waals surface area contributed by atoms with Crippen LogP contribution in [-0.4, -0.2) is 35.3 Å². The number of hydrogen-bond donors (Lipinski definition) is 1. The van der Waals surface area contributed by atoms with Crippen molar-refractivity contribution in [1.82, 2.24) is 10.2 Å². The SMILES string of the molecule is Cc1ccc2oc(C(=O)N[C@H]3CCN(C(=O)c4cc(C(F)(F)F)cc(C(F)(F)F)c4)[C@H](Cc4ccc(Cl)cc4)C3)cc(=O)c2c1. The second-order valence-corrected chi connectivity index (χ2v) is 11.4. The molecule has 6 nitrogen and oxygen atoms in total. The van der Waals surface area contributed by atoms with Gasteiger partial charge in [-0.25, -0.2) is 0 Å². The maximum atomic E-state index is 13.6. The zero-order valence-electron chi connectivity index (χ0n) is 23.6. The van der Waals surface area contributed by atoms with Crippen LogP contribution in [0.4, 0.5) is 26.3 Å². The lowest BCUT2D eigenvalue weighted by Gasteiger charge is -2.40. The first kappa shape index (κ1) is 32.1. The van der Waals surface area contributed by atoms with Crippen molar-refractivity contribution in [3.63, 3.8) is 0 Å². The van der Waals surface area contributed by atoms with Gasteiger partial charge in [0.05, 0.1) is 16.5 Å². The number of halogens is 7. The zero-order chi connectivity index (χ0) is 32.7. The third-order valence-electron chi connectivity index (χ3n) is 7.64. The Kier molecular flexibility index (Phi) is 8.72. The van der Waals surface area contributed by atoms with Gasteiger partial charge in [-0.3, -0.25) is 14.4 Å². The van der Waals surface area contributed by atoms with Crippen LogP contribution in [0.25, 0.3) is 11.0 Å². The average Bonchev–Trinajstić information content (AvgIpc) is 2.97. The largest absolute Gasteiger partial charge is 0.451 e. The minimum Gasteiger partial charge on any atom is -0.451 e. The van der Waals surface area contributed by atoms with E-state index in [0.717, 1.165) is 11.6 Å². The molecule has 1 fully saturated rings. The van der Waals surface area contributed by atoms with Crippen molar-refractivity contribution in [2.75, 3.05) is 6.54 Å². The summed E-state index contributed by atoms with van der Waals surface area (Å²) in [6.45, 7) is 1.72. The monoisotopic (exact) mass is 650 g/mol. The molecule has 3 aromatic carbocycles. The molecule has 1 saturated heterocycles. The van der Waals surface area contributed by atoms with Crippen LogP contribution in [0, 0.1) is 6.92 Å². The molecule has 0 radical (unpaired) electrons. The first-order valence-electron chi connectivity index (χ1n) is 13.8. The highest BCUT2D eigenvalue weighted by atomic mass is 35.5. The minimum absolute atomic E-state index is 0.0317. The number of likely N-dealkylation sites (tertiary alicyclic amines) is 1. The molecule has 2 amide bonds. The van der Waals surface area contributed by atoms with Crippen molar-refractivity contribution < 1.29 is 40.3 Å². The van der Waals surface area contributed by atoms with Gasteiger partial charge in [-0.1, -0.05) is 35.4 Å². The Balaban J connectivity index is 1.43. The highest BCUT2D eigenvalue weighted by Gasteiger charge is 2.39. The molecule has 2 atom stereocenters. The number of alkyl halides is 6. The highest BCUT2D eigenvalue weighted by molar-refractivity contribution is 6.30. The van der Waals surface area contributed by atoms with E-state index in [1.807, 2.05) is 0 Å². The number of amides is 2. The Morgan fingerprint density at radius 1 is 0.933 bits per heavy atom. The first-order valence-corrected chi connectivity index (χ1v) is 14.2. The highest BCUT2D eigenvalue weighted by Crippen LogP contribution is 2.37. The maximum absolute atomic E-state index is 13.6. The second kappa shape index (κ2) is 12.2. The normalized spacial score (nSPS) is 17.4. The fourth-order valence-corrected chi connectivity index (χ4v) is 5.54. The van der Waals surface area contributed by atoms with E-state index in [1.54, 1.807) is 49.4 Å². The van der Waals surface area contributed by atoms with E-state index in [0.29, 0.717) is 28.1 Å². The molecular formula is C32H25ClF6N2O4. The van der Waals surface area contributed by atoms with Crippen molar-refractivity contribution in [3.05, 3.63) is 116 Å². The van der Waals surface area contributed by atoms with Gasteiger partial charge in [-0.15, -0.1) is 0 Å². The summed E-state index contributed by atoms with van der Waals surface area (Å²) in [7, 11) is 0. The molecule has 1 N–H and O–H groups in total. The van der Waals surface area contributed by atoms with E-state index in [1.165, 1.54) is 4.90 Å². The fraction of sp³-hybridized carbons (Fsp3) is 0.281. The lowest BCUT2D eigenvalue weighted by Crippen LogP contribution is -2.52. The van der Waals surface area contributed by atoms with Crippen molar-refractivity contribution in [2.45, 2.75) is 50.6 Å². The zero-order valence-corrected chi connectivity index (χ0v) is 24.3. The van der Waals surface area contributed by atoms with Gasteiger partial charge in [0.25, 0.3) is 11.8 Å². The molecule has 1 aliphatic heterocycles. The molecule has 0 saturated carbocycles. The summed E-state index contributed by atoms with van der Waals surface area (Å²) < 4.78 is 86.7. The van der Waals surface area contributed by atoms with Gasteiger partial charge in [0.2, 0.25) is 0 Å². The molecular weight excluding hydrogens is 626 g/mol. The van der Waals surface area contributed by atoms with Crippen molar-refractivity contribution in [1.29, 1.82) is 0 Å². The number of nitrogens with zero attached hydrogens (tertiary/aromatic N) is 1. The van der Waals surface area contributed by atoms with Crippen molar-refractivity contribution >= 4 is 34.4 Å². The first-order chi connectivity index (χ1) is 21.1. The fourth-order valence-electron chi connectivity index (χ4n) is 5.42. The second-order valence-electron chi connectivity index (χ2n) is 10.9. The topological polar surface area (TPSA) is 79.6 Å². The smallest absolute Gasteiger partial charge is 0.416 e. The molecule has 13 heteroatoms. The third kappa shape index (κ3) is 7.33. The molecule has 45 heavy (non-hydrogen) atoms. The summed E-state index contributed by atoms with van der Waals surface area (Å²) in [6, 6.07) is 12.1. The van der Waals surface area contributed by atoms with Crippen molar-refractivity contribution in [3.8, 4) is 0 Å². The summed E-state index contributed by atoms with van der Waals surface area (Å²) in [6.07, 6.45) is -9.82. The van der Waals surface area contributed by atoms with Gasteiger partial charge < -0.3 is 14.6 Å². The van der Waals surface area contributed by atoms with Gasteiger partial charge in [0, 0.05) is 35.3 Å². The molecule has 0 spiro atoms. The standard InChI is InChI=1S/C32H25ClF6N2O4/c1-17-2-7-27-25(10-17)26(42)16-28(45-27)29(43)40-23-8-9-41(24(15-23)11-18-3-5-22(33)6-4-18)30(44)19-12-20(31(34,35)36)14-21(13-19)32(37,38)39/h2-7,10,12-14,16,23-24H,8-9,11,15H2,1H3,(H,40,43)/t23-,24+/m0/s1. The maximum Gasteiger partial charge on any atom is 0.416 e. The number of aryl methyl sites for hydroxylation is 1. The van der Waals surface area contributed by atoms with Crippen LogP contribution in [0.5, 0.6) is 0 Å². The van der Waals surface area contributed by atoms with Crippen LogP contribution < -0.4 is 10.7 Å². The van der Waals surface area contributed by atoms with Gasteiger partial charge in [0.15, 0.2) is 11.2 Å². The lowest BCUT2D eigenvalue weighted by molar-refractivity contribution is -0.143. The molecule has 5 rings (SSSR count). The molecule has 2 heterocycles. The summed E-state index contributed by atoms with van der Waals surface area (Å²) in [4.78, 5) is 40.6. The van der Waals surface area contributed by atoms with Crippen LogP contribution >= 0.6 is 11.6 Å². The van der Waals surface area contributed by atoms with Crippen LogP contribution in [0.1, 0.15) is 56.0 Å². The Bertz CT molecular complexity index is 1790. The van der Waals surface area contributed by atoms with Gasteiger partial charge in [-0.2, -0.15) is 26.3 Å². The van der Waals surface area contributed by atoms with Gasteiger partial charge in [0.1, 0.15) is 5.58 Å². The summed E-state index contributed by atoms with van der Waals surface area (Å²) in [5, 5.41) is 3.54. The molecule has 1 aliphatic rings. The van der Waals surface area contributed by atoms with Gasteiger partial charge >= 0.3 is 12.4 Å². The molecule has 1 aromatic heterocycles. The summed E-state index contributed by atoms with van der Waals surface area (Å²) in [5.74, 6) is -1.92. The number of carbonyl (C=O) groups is 2. The number of nitrogens with one attached hydrogen (secondary N) is 1. The van der Waals surface area contributed by atoms with E-state index in [9.17, 15) is 40.7 Å². The summed E-state index contributed by atoms with van der Waals surface area (Å²) in [5.41, 5.74) is -2.60. The molecule has 4 aromatic rings. The van der Waals surface area contributed by atoms with Crippen molar-refractivity contribution in [2.24, 2.45) is 0 Å². The van der Waals surface area contributed by atoms with E-state index in [2.05, 4.69) is 5.32 Å². The van der Waals surface area contributed by atoms with E-state index in [4.69, 9.17) is 16.0 Å². The predicted octanol–water partition coefficient (Wildman–Crippen LogP) is 7.44. The molecule has 236 valence electrons. The molecule has 0 unspecified atom stereocenters. The number of rotatable bonds is 5. The number of hydrogen-bond acceptors (Lipinski definition) is 4. The predicted molar refractivity (Wildman–Crippen MR) is 154 cm³/mol. The average molecular weight is 651 g/mol. The quantitative estimate of drug-likeness (QED) is 0.228. The Hall–Kier alpha value is -4.32.